The molecule has 1 fully saturated rings. The van der Waals surface area contributed by atoms with Crippen LogP contribution in [0.4, 0.5) is 8.78 Å². The van der Waals surface area contributed by atoms with Crippen molar-refractivity contribution in [3.05, 3.63) is 70.6 Å². The van der Waals surface area contributed by atoms with Crippen molar-refractivity contribution in [3.63, 3.8) is 0 Å². The molecule has 0 N–H and O–H groups in total. The van der Waals surface area contributed by atoms with Crippen LogP contribution in [-0.2, 0) is 0 Å². The molecule has 138 valence electrons. The van der Waals surface area contributed by atoms with Crippen LogP contribution in [0.1, 0.15) is 35.1 Å². The zero-order chi connectivity index (χ0) is 19.0. The molecule has 0 aliphatic carbocycles. The molecule has 1 aliphatic heterocycles. The molecule has 1 aromatic heterocycles. The van der Waals surface area contributed by atoms with Gasteiger partial charge in [-0.25, -0.2) is 8.78 Å². The number of nitrogens with zero attached hydrogens (tertiary/aromatic N) is 3. The molecule has 8 heteroatoms. The van der Waals surface area contributed by atoms with Crippen molar-refractivity contribution in [2.45, 2.75) is 18.9 Å². The van der Waals surface area contributed by atoms with Crippen molar-refractivity contribution in [1.29, 1.82) is 0 Å². The number of rotatable bonds is 3. The Morgan fingerprint density at radius 2 is 1.96 bits per heavy atom. The van der Waals surface area contributed by atoms with Gasteiger partial charge in [-0.3, -0.25) is 4.79 Å². The second-order valence-corrected chi connectivity index (χ2v) is 6.59. The lowest BCUT2D eigenvalue weighted by molar-refractivity contribution is 0.0711. The average Bonchev–Trinajstić information content (AvgIpc) is 3.33. The molecule has 1 atom stereocenters. The first-order valence-electron chi connectivity index (χ1n) is 8.39. The Hall–Kier alpha value is -2.80. The first-order chi connectivity index (χ1) is 13.1. The maximum absolute atomic E-state index is 14.2. The summed E-state index contributed by atoms with van der Waals surface area (Å²) in [5.74, 6) is -1.50. The summed E-state index contributed by atoms with van der Waals surface area (Å²) in [7, 11) is 0. The maximum atomic E-state index is 14.2. The third kappa shape index (κ3) is 3.19. The minimum absolute atomic E-state index is 0.0383. The molecule has 3 aromatic rings. The Morgan fingerprint density at radius 1 is 1.15 bits per heavy atom. The molecule has 5 nitrogen and oxygen atoms in total. The van der Waals surface area contributed by atoms with Gasteiger partial charge in [-0.1, -0.05) is 29.8 Å². The molecule has 1 amide bonds. The Bertz CT molecular complexity index is 1010. The smallest absolute Gasteiger partial charge is 0.257 e. The number of aromatic nitrogens is 2. The van der Waals surface area contributed by atoms with Crippen LogP contribution in [-0.4, -0.2) is 27.5 Å². The Balaban J connectivity index is 1.63. The summed E-state index contributed by atoms with van der Waals surface area (Å²) >= 11 is 5.78. The summed E-state index contributed by atoms with van der Waals surface area (Å²) in [6.07, 6.45) is 1.29. The van der Waals surface area contributed by atoms with Gasteiger partial charge in [0.15, 0.2) is 5.82 Å². The second kappa shape index (κ2) is 7.08. The third-order valence-electron chi connectivity index (χ3n) is 4.53. The molecule has 27 heavy (non-hydrogen) atoms. The number of benzene rings is 2. The molecule has 1 aliphatic rings. The number of carbonyl (C=O) groups is 1. The summed E-state index contributed by atoms with van der Waals surface area (Å²) in [6, 6.07) is 9.85. The molecule has 1 saturated heterocycles. The zero-order valence-electron chi connectivity index (χ0n) is 14.0. The van der Waals surface area contributed by atoms with Crippen LogP contribution >= 0.6 is 11.6 Å². The first-order valence-corrected chi connectivity index (χ1v) is 8.77. The lowest BCUT2D eigenvalue weighted by Crippen LogP contribution is -2.31. The van der Waals surface area contributed by atoms with E-state index < -0.39 is 23.6 Å². The van der Waals surface area contributed by atoms with Crippen molar-refractivity contribution >= 4 is 17.5 Å². The molecule has 0 bridgehead atoms. The zero-order valence-corrected chi connectivity index (χ0v) is 14.8. The van der Waals surface area contributed by atoms with E-state index in [1.54, 1.807) is 12.1 Å². The van der Waals surface area contributed by atoms with Gasteiger partial charge in [0, 0.05) is 6.54 Å². The van der Waals surface area contributed by atoms with Gasteiger partial charge in [-0.05, 0) is 37.1 Å². The van der Waals surface area contributed by atoms with E-state index in [4.69, 9.17) is 16.0 Å². The second-order valence-electron chi connectivity index (χ2n) is 6.18. The summed E-state index contributed by atoms with van der Waals surface area (Å²) in [5.41, 5.74) is 0.0799. The van der Waals surface area contributed by atoms with E-state index >= 15 is 0 Å². The summed E-state index contributed by atoms with van der Waals surface area (Å²) in [4.78, 5) is 14.3. The predicted molar refractivity (Wildman–Crippen MR) is 94.1 cm³/mol. The van der Waals surface area contributed by atoms with Crippen molar-refractivity contribution in [2.24, 2.45) is 0 Å². The molecule has 2 aromatic carbocycles. The van der Waals surface area contributed by atoms with Gasteiger partial charge in [0.25, 0.3) is 11.8 Å². The van der Waals surface area contributed by atoms with Crippen molar-refractivity contribution in [3.8, 4) is 11.5 Å². The number of likely N-dealkylation sites (tertiary alicyclic amines) is 1. The number of carbonyl (C=O) groups excluding carboxylic acids is 1. The van der Waals surface area contributed by atoms with Crippen LogP contribution in [0.2, 0.25) is 5.02 Å². The molecular formula is C19H14ClF2N3O2. The van der Waals surface area contributed by atoms with E-state index in [1.165, 1.54) is 35.2 Å². The van der Waals surface area contributed by atoms with Gasteiger partial charge in [-0.2, -0.15) is 0 Å². The topological polar surface area (TPSA) is 59.2 Å². The van der Waals surface area contributed by atoms with Gasteiger partial charge in [-0.15, -0.1) is 10.2 Å². The lowest BCUT2D eigenvalue weighted by atomic mass is 10.1. The van der Waals surface area contributed by atoms with Crippen molar-refractivity contribution in [2.75, 3.05) is 6.54 Å². The molecule has 1 unspecified atom stereocenters. The first kappa shape index (κ1) is 17.6. The summed E-state index contributed by atoms with van der Waals surface area (Å²) in [6.45, 7) is 0.423. The average molecular weight is 390 g/mol. The molecule has 0 saturated carbocycles. The van der Waals surface area contributed by atoms with Crippen LogP contribution in [0.5, 0.6) is 0 Å². The summed E-state index contributed by atoms with van der Waals surface area (Å²) < 4.78 is 33.8. The van der Waals surface area contributed by atoms with Crippen LogP contribution in [0, 0.1) is 11.6 Å². The Labute approximate surface area is 158 Å². The van der Waals surface area contributed by atoms with Crippen LogP contribution < -0.4 is 0 Å². The number of amides is 1. The SMILES string of the molecule is O=C(c1cccc(Cl)c1F)N1CCCC1c1nnc(-c2ccccc2F)o1. The normalized spacial score (nSPS) is 16.7. The van der Waals surface area contributed by atoms with E-state index in [9.17, 15) is 13.6 Å². The van der Waals surface area contributed by atoms with E-state index in [-0.39, 0.29) is 27.9 Å². The van der Waals surface area contributed by atoms with Crippen molar-refractivity contribution < 1.29 is 18.0 Å². The highest BCUT2D eigenvalue weighted by Crippen LogP contribution is 2.34. The van der Waals surface area contributed by atoms with Crippen molar-refractivity contribution in [1.82, 2.24) is 15.1 Å². The van der Waals surface area contributed by atoms with Gasteiger partial charge in [0.05, 0.1) is 16.1 Å². The largest absolute Gasteiger partial charge is 0.418 e. The predicted octanol–water partition coefficient (Wildman–Crippen LogP) is 4.65. The molecular weight excluding hydrogens is 376 g/mol. The van der Waals surface area contributed by atoms with Gasteiger partial charge in [0.1, 0.15) is 11.9 Å². The molecule has 2 heterocycles. The number of hydrogen-bond acceptors (Lipinski definition) is 4. The highest BCUT2D eigenvalue weighted by Gasteiger charge is 2.35. The van der Waals surface area contributed by atoms with E-state index in [0.29, 0.717) is 19.4 Å². The summed E-state index contributed by atoms with van der Waals surface area (Å²) in [5, 5.41) is 7.77. The Kier molecular flexibility index (Phi) is 4.61. The van der Waals surface area contributed by atoms with E-state index in [1.807, 2.05) is 0 Å². The minimum Gasteiger partial charge on any atom is -0.418 e. The Morgan fingerprint density at radius 3 is 2.78 bits per heavy atom. The fraction of sp³-hybridized carbons (Fsp3) is 0.211. The fourth-order valence-electron chi connectivity index (χ4n) is 3.20. The fourth-order valence-corrected chi connectivity index (χ4v) is 3.38. The standard InChI is InChI=1S/C19H14ClF2N3O2/c20-13-7-3-6-12(16(13)22)19(26)25-10-4-9-15(25)18-24-23-17(27-18)11-5-1-2-8-14(11)21/h1-3,5-8,15H,4,9-10H2. The van der Waals surface area contributed by atoms with Gasteiger partial charge in [0.2, 0.25) is 5.89 Å². The van der Waals surface area contributed by atoms with Crippen LogP contribution in [0.25, 0.3) is 11.5 Å². The van der Waals surface area contributed by atoms with Gasteiger partial charge >= 0.3 is 0 Å². The maximum Gasteiger partial charge on any atom is 0.257 e. The highest BCUT2D eigenvalue weighted by molar-refractivity contribution is 6.31. The van der Waals surface area contributed by atoms with E-state index in [0.717, 1.165) is 0 Å². The van der Waals surface area contributed by atoms with Gasteiger partial charge < -0.3 is 9.32 Å². The monoisotopic (exact) mass is 389 g/mol. The number of halogens is 3. The molecule has 0 radical (unpaired) electrons. The highest BCUT2D eigenvalue weighted by atomic mass is 35.5. The van der Waals surface area contributed by atoms with E-state index in [2.05, 4.69) is 10.2 Å². The molecule has 0 spiro atoms. The third-order valence-corrected chi connectivity index (χ3v) is 4.82. The van der Waals surface area contributed by atoms with Crippen LogP contribution in [0.15, 0.2) is 46.9 Å². The van der Waals surface area contributed by atoms with Crippen LogP contribution in [0.3, 0.4) is 0 Å². The number of hydrogen-bond donors (Lipinski definition) is 0. The minimum atomic E-state index is -0.757. The quantitative estimate of drug-likeness (QED) is 0.654. The lowest BCUT2D eigenvalue weighted by Gasteiger charge is -2.22. The molecule has 4 rings (SSSR count).